The fraction of sp³-hybridized carbons (Fsp3) is 0.929. The van der Waals surface area contributed by atoms with E-state index in [4.69, 9.17) is 0 Å². The number of aldehydes is 1. The zero-order valence-corrected chi connectivity index (χ0v) is 10.7. The summed E-state index contributed by atoms with van der Waals surface area (Å²) >= 11 is 0. The van der Waals surface area contributed by atoms with Gasteiger partial charge < -0.3 is 4.79 Å². The van der Waals surface area contributed by atoms with E-state index in [0.717, 1.165) is 18.8 Å². The van der Waals surface area contributed by atoms with Gasteiger partial charge in [-0.05, 0) is 45.4 Å². The van der Waals surface area contributed by atoms with Gasteiger partial charge in [0.25, 0.3) is 0 Å². The molecular formula is C14H25NO. The molecule has 2 nitrogen and oxygen atoms in total. The molecule has 2 atom stereocenters. The number of likely N-dealkylation sites (tertiary alicyclic amines) is 1. The van der Waals surface area contributed by atoms with Crippen LogP contribution in [0.2, 0.25) is 0 Å². The molecule has 16 heavy (non-hydrogen) atoms. The first-order valence-corrected chi connectivity index (χ1v) is 6.91. The van der Waals surface area contributed by atoms with E-state index in [-0.39, 0.29) is 0 Å². The SMILES string of the molecule is CC1CC(C=O)CC(C)N1CC1CCCC1. The van der Waals surface area contributed by atoms with Gasteiger partial charge in [0.2, 0.25) is 0 Å². The van der Waals surface area contributed by atoms with Crippen LogP contribution in [-0.4, -0.2) is 29.8 Å². The third-order valence-corrected chi connectivity index (χ3v) is 4.56. The fourth-order valence-corrected chi connectivity index (χ4v) is 3.64. The Morgan fingerprint density at radius 3 is 2.19 bits per heavy atom. The summed E-state index contributed by atoms with van der Waals surface area (Å²) in [6, 6.07) is 1.19. The first-order chi connectivity index (χ1) is 7.70. The van der Waals surface area contributed by atoms with E-state index in [1.54, 1.807) is 0 Å². The van der Waals surface area contributed by atoms with Gasteiger partial charge >= 0.3 is 0 Å². The molecule has 1 aliphatic carbocycles. The van der Waals surface area contributed by atoms with Gasteiger partial charge in [-0.1, -0.05) is 12.8 Å². The zero-order chi connectivity index (χ0) is 11.5. The summed E-state index contributed by atoms with van der Waals surface area (Å²) < 4.78 is 0. The van der Waals surface area contributed by atoms with E-state index in [9.17, 15) is 4.79 Å². The van der Waals surface area contributed by atoms with E-state index in [0.29, 0.717) is 18.0 Å². The second kappa shape index (κ2) is 5.31. The van der Waals surface area contributed by atoms with Crippen LogP contribution < -0.4 is 0 Å². The molecule has 1 aliphatic heterocycles. The molecule has 0 aromatic carbocycles. The molecule has 0 N–H and O–H groups in total. The minimum Gasteiger partial charge on any atom is -0.303 e. The molecule has 0 radical (unpaired) electrons. The van der Waals surface area contributed by atoms with E-state index in [1.165, 1.54) is 38.5 Å². The van der Waals surface area contributed by atoms with Crippen molar-refractivity contribution < 1.29 is 4.79 Å². The molecule has 2 unspecified atom stereocenters. The van der Waals surface area contributed by atoms with Crippen LogP contribution in [0.3, 0.4) is 0 Å². The van der Waals surface area contributed by atoms with Crippen LogP contribution in [0.5, 0.6) is 0 Å². The summed E-state index contributed by atoms with van der Waals surface area (Å²) in [7, 11) is 0. The number of rotatable bonds is 3. The average molecular weight is 223 g/mol. The van der Waals surface area contributed by atoms with Crippen LogP contribution in [0.1, 0.15) is 52.4 Å². The standard InChI is InChI=1S/C14H25NO/c1-11-7-14(10-16)8-12(2)15(11)9-13-5-3-4-6-13/h10-14H,3-9H2,1-2H3. The molecule has 0 spiro atoms. The molecule has 0 amide bonds. The molecule has 2 rings (SSSR count). The highest BCUT2D eigenvalue weighted by atomic mass is 16.1. The van der Waals surface area contributed by atoms with Crippen molar-refractivity contribution in [1.82, 2.24) is 4.90 Å². The van der Waals surface area contributed by atoms with Crippen molar-refractivity contribution in [3.8, 4) is 0 Å². The quantitative estimate of drug-likeness (QED) is 0.686. The molecule has 2 heteroatoms. The molecule has 1 heterocycles. The summed E-state index contributed by atoms with van der Waals surface area (Å²) in [6.45, 7) is 5.86. The Labute approximate surface area is 99.4 Å². The number of nitrogens with zero attached hydrogens (tertiary/aromatic N) is 1. The third-order valence-electron chi connectivity index (χ3n) is 4.56. The predicted octanol–water partition coefficient (Wildman–Crippen LogP) is 2.86. The molecule has 1 saturated carbocycles. The Kier molecular flexibility index (Phi) is 4.01. The van der Waals surface area contributed by atoms with E-state index >= 15 is 0 Å². The second-order valence-corrected chi connectivity index (χ2v) is 5.91. The third kappa shape index (κ3) is 2.65. The first-order valence-electron chi connectivity index (χ1n) is 6.91. The lowest BCUT2D eigenvalue weighted by Crippen LogP contribution is -2.48. The van der Waals surface area contributed by atoms with E-state index in [1.807, 2.05) is 0 Å². The molecule has 0 aromatic rings. The van der Waals surface area contributed by atoms with Gasteiger partial charge in [-0.2, -0.15) is 0 Å². The van der Waals surface area contributed by atoms with Crippen LogP contribution in [0, 0.1) is 11.8 Å². The highest BCUT2D eigenvalue weighted by molar-refractivity contribution is 5.53. The number of carbonyl (C=O) groups excluding carboxylic acids is 1. The normalized spacial score (nSPS) is 37.8. The Bertz CT molecular complexity index is 223. The van der Waals surface area contributed by atoms with E-state index < -0.39 is 0 Å². The Balaban J connectivity index is 1.90. The summed E-state index contributed by atoms with van der Waals surface area (Å²) in [5.41, 5.74) is 0. The molecule has 0 aromatic heterocycles. The Morgan fingerprint density at radius 1 is 1.12 bits per heavy atom. The van der Waals surface area contributed by atoms with Gasteiger partial charge in [-0.25, -0.2) is 0 Å². The second-order valence-electron chi connectivity index (χ2n) is 5.91. The smallest absolute Gasteiger partial charge is 0.123 e. The molecule has 92 valence electrons. The van der Waals surface area contributed by atoms with Crippen molar-refractivity contribution in [3.05, 3.63) is 0 Å². The summed E-state index contributed by atoms with van der Waals surface area (Å²) in [6.07, 6.45) is 9.01. The van der Waals surface area contributed by atoms with Crippen molar-refractivity contribution >= 4 is 6.29 Å². The summed E-state index contributed by atoms with van der Waals surface area (Å²) in [5.74, 6) is 1.24. The minimum atomic E-state index is 0.310. The summed E-state index contributed by atoms with van der Waals surface area (Å²) in [4.78, 5) is 13.5. The topological polar surface area (TPSA) is 20.3 Å². The van der Waals surface area contributed by atoms with Crippen LogP contribution >= 0.6 is 0 Å². The van der Waals surface area contributed by atoms with E-state index in [2.05, 4.69) is 18.7 Å². The minimum absolute atomic E-state index is 0.310. The maximum Gasteiger partial charge on any atom is 0.123 e. The Hall–Kier alpha value is -0.370. The lowest BCUT2D eigenvalue weighted by atomic mass is 9.87. The molecule has 0 bridgehead atoms. The maximum atomic E-state index is 10.9. The lowest BCUT2D eigenvalue weighted by Gasteiger charge is -2.42. The van der Waals surface area contributed by atoms with Crippen LogP contribution in [-0.2, 0) is 4.79 Å². The van der Waals surface area contributed by atoms with Crippen LogP contribution in [0.4, 0.5) is 0 Å². The van der Waals surface area contributed by atoms with Gasteiger partial charge in [0.05, 0.1) is 0 Å². The van der Waals surface area contributed by atoms with Crippen LogP contribution in [0.15, 0.2) is 0 Å². The number of hydrogen-bond donors (Lipinski definition) is 0. The largest absolute Gasteiger partial charge is 0.303 e. The highest BCUT2D eigenvalue weighted by Crippen LogP contribution is 2.31. The van der Waals surface area contributed by atoms with Gasteiger partial charge in [0.15, 0.2) is 0 Å². The van der Waals surface area contributed by atoms with Crippen molar-refractivity contribution in [2.24, 2.45) is 11.8 Å². The fourth-order valence-electron chi connectivity index (χ4n) is 3.64. The first kappa shape index (κ1) is 12.1. The van der Waals surface area contributed by atoms with Crippen molar-refractivity contribution in [2.45, 2.75) is 64.5 Å². The zero-order valence-electron chi connectivity index (χ0n) is 10.7. The van der Waals surface area contributed by atoms with Gasteiger partial charge in [0, 0.05) is 24.5 Å². The lowest BCUT2D eigenvalue weighted by molar-refractivity contribution is -0.113. The van der Waals surface area contributed by atoms with Crippen LogP contribution in [0.25, 0.3) is 0 Å². The van der Waals surface area contributed by atoms with Gasteiger partial charge in [-0.15, -0.1) is 0 Å². The Morgan fingerprint density at radius 2 is 1.69 bits per heavy atom. The molecule has 2 fully saturated rings. The van der Waals surface area contributed by atoms with Gasteiger partial charge in [0.1, 0.15) is 6.29 Å². The average Bonchev–Trinajstić information content (AvgIpc) is 2.75. The number of hydrogen-bond acceptors (Lipinski definition) is 2. The number of carbonyl (C=O) groups is 1. The molecule has 1 saturated heterocycles. The van der Waals surface area contributed by atoms with Crippen molar-refractivity contribution in [2.75, 3.05) is 6.54 Å². The van der Waals surface area contributed by atoms with Crippen molar-refractivity contribution in [1.29, 1.82) is 0 Å². The summed E-state index contributed by atoms with van der Waals surface area (Å²) in [5, 5.41) is 0. The maximum absolute atomic E-state index is 10.9. The highest BCUT2D eigenvalue weighted by Gasteiger charge is 2.32. The monoisotopic (exact) mass is 223 g/mol. The van der Waals surface area contributed by atoms with Crippen molar-refractivity contribution in [3.63, 3.8) is 0 Å². The predicted molar refractivity (Wildman–Crippen MR) is 66.4 cm³/mol. The molecular weight excluding hydrogens is 198 g/mol. The molecule has 2 aliphatic rings. The van der Waals surface area contributed by atoms with Gasteiger partial charge in [-0.3, -0.25) is 4.90 Å². The number of piperidine rings is 1.